The molecule has 0 aliphatic rings. The molecule has 0 aliphatic heterocycles. The van der Waals surface area contributed by atoms with E-state index in [-0.39, 0.29) is 5.56 Å². The van der Waals surface area contributed by atoms with Crippen LogP contribution in [0.3, 0.4) is 0 Å². The van der Waals surface area contributed by atoms with Crippen molar-refractivity contribution in [1.82, 2.24) is 4.98 Å². The van der Waals surface area contributed by atoms with Crippen molar-refractivity contribution in [1.29, 1.82) is 0 Å². The molecule has 5 nitrogen and oxygen atoms in total. The van der Waals surface area contributed by atoms with Gasteiger partial charge in [-0.25, -0.2) is 4.79 Å². The molecule has 82 valence electrons. The van der Waals surface area contributed by atoms with Crippen molar-refractivity contribution in [2.24, 2.45) is 0 Å². The van der Waals surface area contributed by atoms with Crippen LogP contribution >= 0.6 is 0 Å². The maximum atomic E-state index is 10.8. The topological polar surface area (TPSA) is 71.5 Å². The zero-order valence-corrected chi connectivity index (χ0v) is 8.56. The Kier molecular flexibility index (Phi) is 4.56. The first-order valence-electron chi connectivity index (χ1n) is 4.74. The lowest BCUT2D eigenvalue weighted by atomic mass is 10.2. The van der Waals surface area contributed by atoms with Gasteiger partial charge >= 0.3 is 5.97 Å². The lowest BCUT2D eigenvalue weighted by Gasteiger charge is -2.08. The number of aromatic carboxylic acids is 1. The molecule has 0 aliphatic carbocycles. The number of hydrogen-bond acceptors (Lipinski definition) is 4. The highest BCUT2D eigenvalue weighted by Gasteiger charge is 2.08. The van der Waals surface area contributed by atoms with Gasteiger partial charge in [0.1, 0.15) is 5.56 Å². The first kappa shape index (κ1) is 11.5. The molecule has 15 heavy (non-hydrogen) atoms. The molecule has 1 rings (SSSR count). The van der Waals surface area contributed by atoms with Crippen molar-refractivity contribution >= 4 is 11.7 Å². The molecular formula is C10H14N2O3. The number of aromatic nitrogens is 1. The van der Waals surface area contributed by atoms with E-state index < -0.39 is 5.97 Å². The molecule has 0 fully saturated rings. The van der Waals surface area contributed by atoms with Gasteiger partial charge in [0, 0.05) is 25.5 Å². The average Bonchev–Trinajstić information content (AvgIpc) is 2.25. The zero-order chi connectivity index (χ0) is 11.1. The molecule has 2 N–H and O–H groups in total. The van der Waals surface area contributed by atoms with Gasteiger partial charge < -0.3 is 15.2 Å². The van der Waals surface area contributed by atoms with Crippen LogP contribution in [0.5, 0.6) is 0 Å². The lowest BCUT2D eigenvalue weighted by Crippen LogP contribution is -2.12. The Morgan fingerprint density at radius 2 is 2.47 bits per heavy atom. The highest BCUT2D eigenvalue weighted by atomic mass is 16.5. The van der Waals surface area contributed by atoms with E-state index in [0.717, 1.165) is 0 Å². The van der Waals surface area contributed by atoms with Crippen LogP contribution in [0.15, 0.2) is 18.5 Å². The molecule has 0 spiro atoms. The van der Waals surface area contributed by atoms with Crippen LogP contribution in [0.4, 0.5) is 5.69 Å². The van der Waals surface area contributed by atoms with Crippen LogP contribution in [-0.4, -0.2) is 35.8 Å². The summed E-state index contributed by atoms with van der Waals surface area (Å²) in [6.07, 6.45) is 2.88. The number of carboxylic acids is 1. The summed E-state index contributed by atoms with van der Waals surface area (Å²) in [4.78, 5) is 14.6. The summed E-state index contributed by atoms with van der Waals surface area (Å²) in [5, 5.41) is 11.8. The fourth-order valence-electron chi connectivity index (χ4n) is 1.12. The third-order valence-electron chi connectivity index (χ3n) is 1.82. The first-order chi connectivity index (χ1) is 7.25. The maximum Gasteiger partial charge on any atom is 0.339 e. The van der Waals surface area contributed by atoms with E-state index in [2.05, 4.69) is 10.3 Å². The molecular weight excluding hydrogens is 196 g/mol. The summed E-state index contributed by atoms with van der Waals surface area (Å²) in [7, 11) is 0. The minimum absolute atomic E-state index is 0.175. The lowest BCUT2D eigenvalue weighted by molar-refractivity contribution is 0.0697. The van der Waals surface area contributed by atoms with Gasteiger partial charge in [-0.1, -0.05) is 0 Å². The highest BCUT2D eigenvalue weighted by Crippen LogP contribution is 2.12. The fraction of sp³-hybridized carbons (Fsp3) is 0.400. The molecule has 1 aromatic heterocycles. The van der Waals surface area contributed by atoms with Crippen molar-refractivity contribution in [3.8, 4) is 0 Å². The molecule has 0 aromatic carbocycles. The molecule has 1 aromatic rings. The summed E-state index contributed by atoms with van der Waals surface area (Å²) in [5.74, 6) is -0.984. The molecule has 0 saturated carbocycles. The van der Waals surface area contributed by atoms with Crippen molar-refractivity contribution in [2.75, 3.05) is 25.1 Å². The Bertz CT molecular complexity index is 328. The molecule has 0 amide bonds. The van der Waals surface area contributed by atoms with Gasteiger partial charge in [-0.2, -0.15) is 0 Å². The second-order valence-corrected chi connectivity index (χ2v) is 2.85. The Labute approximate surface area is 88.1 Å². The molecule has 5 heteroatoms. The summed E-state index contributed by atoms with van der Waals surface area (Å²) >= 11 is 0. The molecule has 0 radical (unpaired) electrons. The summed E-state index contributed by atoms with van der Waals surface area (Å²) < 4.78 is 5.13. The second kappa shape index (κ2) is 5.98. The molecule has 1 heterocycles. The summed E-state index contributed by atoms with van der Waals surface area (Å²) in [5.41, 5.74) is 0.742. The predicted molar refractivity (Wildman–Crippen MR) is 56.2 cm³/mol. The fourth-order valence-corrected chi connectivity index (χ4v) is 1.12. The predicted octanol–water partition coefficient (Wildman–Crippen LogP) is 1.23. The van der Waals surface area contributed by atoms with Crippen molar-refractivity contribution < 1.29 is 14.6 Å². The number of rotatable bonds is 6. The van der Waals surface area contributed by atoms with Crippen molar-refractivity contribution in [3.05, 3.63) is 24.0 Å². The number of hydrogen-bond donors (Lipinski definition) is 2. The van der Waals surface area contributed by atoms with Gasteiger partial charge in [-0.05, 0) is 13.0 Å². The summed E-state index contributed by atoms with van der Waals surface area (Å²) in [6, 6.07) is 1.63. The number of carboxylic acid groups (broad SMARTS) is 1. The van der Waals surface area contributed by atoms with E-state index in [1.54, 1.807) is 12.3 Å². The van der Waals surface area contributed by atoms with Gasteiger partial charge in [0.25, 0.3) is 0 Å². The van der Waals surface area contributed by atoms with Crippen LogP contribution in [-0.2, 0) is 4.74 Å². The minimum atomic E-state index is -0.984. The first-order valence-corrected chi connectivity index (χ1v) is 4.74. The molecule has 0 saturated heterocycles. The van der Waals surface area contributed by atoms with E-state index in [1.165, 1.54) is 6.20 Å². The van der Waals surface area contributed by atoms with Crippen LogP contribution in [0.1, 0.15) is 17.3 Å². The summed E-state index contributed by atoms with van der Waals surface area (Å²) in [6.45, 7) is 3.70. The van der Waals surface area contributed by atoms with Crippen LogP contribution < -0.4 is 5.32 Å². The Balaban J connectivity index is 2.56. The third kappa shape index (κ3) is 3.55. The van der Waals surface area contributed by atoms with E-state index >= 15 is 0 Å². The Hall–Kier alpha value is -1.62. The van der Waals surface area contributed by atoms with E-state index in [9.17, 15) is 4.79 Å². The number of nitrogens with zero attached hydrogens (tertiary/aromatic N) is 1. The van der Waals surface area contributed by atoms with E-state index in [1.807, 2.05) is 6.92 Å². The zero-order valence-electron chi connectivity index (χ0n) is 8.56. The second-order valence-electron chi connectivity index (χ2n) is 2.85. The number of anilines is 1. The van der Waals surface area contributed by atoms with Gasteiger partial charge in [0.15, 0.2) is 0 Å². The Morgan fingerprint density at radius 1 is 1.67 bits per heavy atom. The Morgan fingerprint density at radius 3 is 3.13 bits per heavy atom. The maximum absolute atomic E-state index is 10.8. The van der Waals surface area contributed by atoms with Crippen LogP contribution in [0, 0.1) is 0 Å². The number of carbonyl (C=O) groups is 1. The standard InChI is InChI=1S/C10H14N2O3/c1-2-15-6-5-12-9-3-4-11-7-8(9)10(13)14/h3-4,7H,2,5-6H2,1H3,(H,11,12)(H,13,14). The molecule has 0 unspecified atom stereocenters. The van der Waals surface area contributed by atoms with Crippen molar-refractivity contribution in [2.45, 2.75) is 6.92 Å². The molecule has 0 atom stereocenters. The quantitative estimate of drug-likeness (QED) is 0.691. The van der Waals surface area contributed by atoms with Crippen LogP contribution in [0.25, 0.3) is 0 Å². The highest BCUT2D eigenvalue weighted by molar-refractivity contribution is 5.93. The van der Waals surface area contributed by atoms with Gasteiger partial charge in [0.2, 0.25) is 0 Å². The van der Waals surface area contributed by atoms with Gasteiger partial charge in [-0.15, -0.1) is 0 Å². The average molecular weight is 210 g/mol. The van der Waals surface area contributed by atoms with Crippen LogP contribution in [0.2, 0.25) is 0 Å². The van der Waals surface area contributed by atoms with Gasteiger partial charge in [0.05, 0.1) is 12.3 Å². The van der Waals surface area contributed by atoms with Crippen molar-refractivity contribution in [3.63, 3.8) is 0 Å². The normalized spacial score (nSPS) is 9.93. The SMILES string of the molecule is CCOCCNc1ccncc1C(=O)O. The number of nitrogens with one attached hydrogen (secondary N) is 1. The largest absolute Gasteiger partial charge is 0.478 e. The molecule has 0 bridgehead atoms. The smallest absolute Gasteiger partial charge is 0.339 e. The van der Waals surface area contributed by atoms with E-state index in [0.29, 0.717) is 25.4 Å². The van der Waals surface area contributed by atoms with E-state index in [4.69, 9.17) is 9.84 Å². The number of ether oxygens (including phenoxy) is 1. The number of pyridine rings is 1. The minimum Gasteiger partial charge on any atom is -0.478 e. The monoisotopic (exact) mass is 210 g/mol. The third-order valence-corrected chi connectivity index (χ3v) is 1.82. The van der Waals surface area contributed by atoms with Gasteiger partial charge in [-0.3, -0.25) is 4.98 Å².